The summed E-state index contributed by atoms with van der Waals surface area (Å²) in [7, 11) is 0. The summed E-state index contributed by atoms with van der Waals surface area (Å²) in [5.41, 5.74) is 0.527. The Kier molecular flexibility index (Phi) is 5.80. The molecule has 2 aromatic carbocycles. The molecule has 1 heterocycles. The Morgan fingerprint density at radius 3 is 2.37 bits per heavy atom. The predicted molar refractivity (Wildman–Crippen MR) is 122 cm³/mol. The molecule has 2 fully saturated rings. The number of nitro groups is 1. The van der Waals surface area contributed by atoms with Gasteiger partial charge in [0.15, 0.2) is 5.75 Å². The second-order valence-corrected chi connectivity index (χ2v) is 8.71. The van der Waals surface area contributed by atoms with E-state index in [1.165, 1.54) is 42.6 Å². The molecule has 4 atom stereocenters. The van der Waals surface area contributed by atoms with Gasteiger partial charge in [-0.2, -0.15) is 10.1 Å². The smallest absolute Gasteiger partial charge is 0.315 e. The summed E-state index contributed by atoms with van der Waals surface area (Å²) in [6.45, 7) is 1.90. The number of hydrogen-bond acceptors (Lipinski definition) is 7. The van der Waals surface area contributed by atoms with Crippen molar-refractivity contribution in [2.45, 2.75) is 20.0 Å². The van der Waals surface area contributed by atoms with Gasteiger partial charge in [0.1, 0.15) is 12.4 Å². The van der Waals surface area contributed by atoms with Crippen molar-refractivity contribution in [3.63, 3.8) is 0 Å². The maximum atomic E-state index is 13.2. The average Bonchev–Trinajstić information content (AvgIpc) is 3.52. The Morgan fingerprint density at radius 1 is 1.11 bits per heavy atom. The lowest BCUT2D eigenvalue weighted by Gasteiger charge is -2.14. The summed E-state index contributed by atoms with van der Waals surface area (Å²) in [6.07, 6.45) is 6.04. The lowest BCUT2D eigenvalue weighted by atomic mass is 9.85. The molecule has 4 unspecified atom stereocenters. The number of imide groups is 1. The molecule has 2 bridgehead atoms. The van der Waals surface area contributed by atoms with E-state index in [0.29, 0.717) is 5.56 Å². The summed E-state index contributed by atoms with van der Waals surface area (Å²) in [5.74, 6) is -1.70. The van der Waals surface area contributed by atoms with E-state index < -0.39 is 10.7 Å². The van der Waals surface area contributed by atoms with E-state index in [4.69, 9.17) is 9.47 Å². The molecule has 35 heavy (non-hydrogen) atoms. The van der Waals surface area contributed by atoms with Crippen molar-refractivity contribution in [3.05, 3.63) is 75.6 Å². The Morgan fingerprint density at radius 2 is 1.77 bits per heavy atom. The number of hydrogen-bond donors (Lipinski definition) is 0. The van der Waals surface area contributed by atoms with E-state index in [9.17, 15) is 24.1 Å². The molecule has 180 valence electrons. The molecular weight excluding hydrogens is 457 g/mol. The van der Waals surface area contributed by atoms with E-state index in [1.54, 1.807) is 6.92 Å². The predicted octanol–water partition coefficient (Wildman–Crippen LogP) is 3.85. The second kappa shape index (κ2) is 8.94. The Balaban J connectivity index is 1.41. The molecule has 1 saturated heterocycles. The third-order valence-electron chi connectivity index (χ3n) is 6.62. The number of nitrogens with zero attached hydrogens (tertiary/aromatic N) is 3. The number of benzene rings is 2. The van der Waals surface area contributed by atoms with Crippen LogP contribution in [0.5, 0.6) is 11.5 Å². The van der Waals surface area contributed by atoms with Gasteiger partial charge in [-0.15, -0.1) is 0 Å². The minimum absolute atomic E-state index is 0.0371. The molecule has 0 aromatic heterocycles. The molecule has 0 spiro atoms. The van der Waals surface area contributed by atoms with Gasteiger partial charge < -0.3 is 9.47 Å². The van der Waals surface area contributed by atoms with Crippen LogP contribution in [0.15, 0.2) is 53.7 Å². The number of hydrazone groups is 1. The lowest BCUT2D eigenvalue weighted by molar-refractivity contribution is -0.386. The zero-order valence-corrected chi connectivity index (χ0v) is 18.8. The molecule has 9 nitrogen and oxygen atoms in total. The van der Waals surface area contributed by atoms with Gasteiger partial charge in [0.2, 0.25) is 5.75 Å². The molecule has 3 aliphatic rings. The molecule has 2 aliphatic carbocycles. The molecule has 2 amide bonds. The van der Waals surface area contributed by atoms with Crippen molar-refractivity contribution in [2.24, 2.45) is 28.8 Å². The lowest BCUT2D eigenvalue weighted by Crippen LogP contribution is -2.28. The average molecular weight is 479 g/mol. The van der Waals surface area contributed by atoms with Crippen LogP contribution in [0.3, 0.4) is 0 Å². The standard InChI is InChI=1S/C25H22FN3O6/c1-2-34-20-10-15(9-19(29(32)33)23(20)35-13-14-3-7-18(26)8-4-14)12-27-28-24(30)21-16-5-6-17(11-16)22(21)25(28)31/h3-10,12,16-17,21-22H,2,11,13H2,1H3. The van der Waals surface area contributed by atoms with Crippen LogP contribution in [-0.2, 0) is 16.2 Å². The van der Waals surface area contributed by atoms with Gasteiger partial charge in [-0.25, -0.2) is 4.39 Å². The maximum absolute atomic E-state index is 13.2. The van der Waals surface area contributed by atoms with Gasteiger partial charge in [-0.3, -0.25) is 19.7 Å². The Bertz CT molecular complexity index is 1230. The number of ether oxygens (including phenoxy) is 2. The van der Waals surface area contributed by atoms with Gasteiger partial charge in [-0.05, 0) is 48.9 Å². The van der Waals surface area contributed by atoms with Crippen LogP contribution in [0.25, 0.3) is 0 Å². The number of nitro benzene ring substituents is 1. The number of fused-ring (bicyclic) bond motifs is 5. The second-order valence-electron chi connectivity index (χ2n) is 8.71. The van der Waals surface area contributed by atoms with Gasteiger partial charge in [0.25, 0.3) is 11.8 Å². The molecule has 10 heteroatoms. The van der Waals surface area contributed by atoms with Crippen molar-refractivity contribution in [3.8, 4) is 11.5 Å². The molecule has 5 rings (SSSR count). The summed E-state index contributed by atoms with van der Waals surface area (Å²) in [6, 6.07) is 8.31. The number of carbonyl (C=O) groups is 2. The van der Waals surface area contributed by atoms with Crippen LogP contribution in [0, 0.1) is 39.6 Å². The summed E-state index contributed by atoms with van der Waals surface area (Å²) in [4.78, 5) is 36.9. The zero-order valence-electron chi connectivity index (χ0n) is 18.8. The van der Waals surface area contributed by atoms with Crippen LogP contribution >= 0.6 is 0 Å². The van der Waals surface area contributed by atoms with Crippen molar-refractivity contribution in [1.29, 1.82) is 0 Å². The van der Waals surface area contributed by atoms with Crippen LogP contribution in [0.1, 0.15) is 24.5 Å². The van der Waals surface area contributed by atoms with E-state index in [1.807, 2.05) is 12.2 Å². The highest BCUT2D eigenvalue weighted by Gasteiger charge is 2.59. The van der Waals surface area contributed by atoms with Crippen molar-refractivity contribution in [2.75, 3.05) is 6.61 Å². The highest BCUT2D eigenvalue weighted by atomic mass is 19.1. The molecule has 0 N–H and O–H groups in total. The summed E-state index contributed by atoms with van der Waals surface area (Å²) < 4.78 is 24.4. The highest BCUT2D eigenvalue weighted by Crippen LogP contribution is 2.52. The monoisotopic (exact) mass is 479 g/mol. The number of rotatable bonds is 8. The van der Waals surface area contributed by atoms with Crippen molar-refractivity contribution >= 4 is 23.7 Å². The Labute approximate surface area is 200 Å². The van der Waals surface area contributed by atoms with E-state index in [0.717, 1.165) is 11.4 Å². The quantitative estimate of drug-likeness (QED) is 0.187. The van der Waals surface area contributed by atoms with Crippen LogP contribution in [0.4, 0.5) is 10.1 Å². The molecular formula is C25H22FN3O6. The topological polar surface area (TPSA) is 111 Å². The molecule has 1 saturated carbocycles. The van der Waals surface area contributed by atoms with E-state index in [2.05, 4.69) is 5.10 Å². The normalized spacial score (nSPS) is 24.5. The fourth-order valence-electron chi connectivity index (χ4n) is 5.09. The molecule has 2 aromatic rings. The SMILES string of the molecule is CCOc1cc(C=NN2C(=O)C3C4C=CC(C4)C3C2=O)cc([N+](=O)[O-])c1OCc1ccc(F)cc1. The molecule has 0 radical (unpaired) electrons. The van der Waals surface area contributed by atoms with E-state index in [-0.39, 0.29) is 71.4 Å². The Hall–Kier alpha value is -4.08. The van der Waals surface area contributed by atoms with Crippen LogP contribution < -0.4 is 9.47 Å². The minimum atomic E-state index is -0.611. The first-order valence-corrected chi connectivity index (χ1v) is 11.3. The fourth-order valence-corrected chi connectivity index (χ4v) is 5.09. The van der Waals surface area contributed by atoms with Gasteiger partial charge >= 0.3 is 5.69 Å². The summed E-state index contributed by atoms with van der Waals surface area (Å²) >= 11 is 0. The van der Waals surface area contributed by atoms with Crippen molar-refractivity contribution < 1.29 is 28.4 Å². The third kappa shape index (κ3) is 4.05. The van der Waals surface area contributed by atoms with Crippen LogP contribution in [0.2, 0.25) is 0 Å². The summed E-state index contributed by atoms with van der Waals surface area (Å²) in [5, 5.41) is 16.8. The van der Waals surface area contributed by atoms with Gasteiger partial charge in [0, 0.05) is 11.6 Å². The first-order chi connectivity index (χ1) is 16.9. The zero-order chi connectivity index (χ0) is 24.7. The highest BCUT2D eigenvalue weighted by molar-refractivity contribution is 6.06. The maximum Gasteiger partial charge on any atom is 0.315 e. The van der Waals surface area contributed by atoms with Gasteiger partial charge in [-0.1, -0.05) is 24.3 Å². The fraction of sp³-hybridized carbons (Fsp3) is 0.320. The largest absolute Gasteiger partial charge is 0.490 e. The number of allylic oxidation sites excluding steroid dienone is 2. The van der Waals surface area contributed by atoms with Crippen molar-refractivity contribution in [1.82, 2.24) is 5.01 Å². The number of halogens is 1. The minimum Gasteiger partial charge on any atom is -0.490 e. The first kappa shape index (κ1) is 22.7. The van der Waals surface area contributed by atoms with Crippen LogP contribution in [-0.4, -0.2) is 34.6 Å². The number of amides is 2. The third-order valence-corrected chi connectivity index (χ3v) is 6.62. The molecule has 1 aliphatic heterocycles. The number of carbonyl (C=O) groups excluding carboxylic acids is 2. The van der Waals surface area contributed by atoms with E-state index >= 15 is 0 Å². The van der Waals surface area contributed by atoms with Gasteiger partial charge in [0.05, 0.1) is 29.6 Å². The first-order valence-electron chi connectivity index (χ1n) is 11.3.